The summed E-state index contributed by atoms with van der Waals surface area (Å²) >= 11 is 0. The lowest BCUT2D eigenvalue weighted by atomic mass is 10.1. The molecule has 1 aromatic carbocycles. The number of urea groups is 1. The van der Waals surface area contributed by atoms with Crippen molar-refractivity contribution in [2.24, 2.45) is 0 Å². The number of aliphatic hydroxyl groups excluding tert-OH is 1. The molecule has 0 radical (unpaired) electrons. The molecule has 5 nitrogen and oxygen atoms in total. The van der Waals surface area contributed by atoms with Crippen molar-refractivity contribution in [3.05, 3.63) is 24.3 Å². The SMILES string of the molecule is CCN(CCO)C(=O)Nc1ccccc1N1CCCCC1. The number of carbonyl (C=O) groups excluding carboxylic acids is 1. The summed E-state index contributed by atoms with van der Waals surface area (Å²) in [5, 5.41) is 12.0. The Balaban J connectivity index is 2.10. The number of likely N-dealkylation sites (N-methyl/N-ethyl adjacent to an activating group) is 1. The predicted molar refractivity (Wildman–Crippen MR) is 85.9 cm³/mol. The lowest BCUT2D eigenvalue weighted by Gasteiger charge is -2.31. The Morgan fingerprint density at radius 2 is 2.00 bits per heavy atom. The van der Waals surface area contributed by atoms with E-state index in [9.17, 15) is 4.79 Å². The van der Waals surface area contributed by atoms with Gasteiger partial charge >= 0.3 is 6.03 Å². The third-order valence-electron chi connectivity index (χ3n) is 3.88. The van der Waals surface area contributed by atoms with Crippen LogP contribution in [-0.2, 0) is 0 Å². The van der Waals surface area contributed by atoms with Crippen LogP contribution in [0.25, 0.3) is 0 Å². The van der Waals surface area contributed by atoms with Gasteiger partial charge in [-0.3, -0.25) is 0 Å². The van der Waals surface area contributed by atoms with Crippen molar-refractivity contribution in [3.63, 3.8) is 0 Å². The quantitative estimate of drug-likeness (QED) is 0.876. The van der Waals surface area contributed by atoms with E-state index >= 15 is 0 Å². The second-order valence-electron chi connectivity index (χ2n) is 5.30. The van der Waals surface area contributed by atoms with Gasteiger partial charge in [0.2, 0.25) is 0 Å². The fourth-order valence-corrected chi connectivity index (χ4v) is 2.71. The van der Waals surface area contributed by atoms with E-state index in [2.05, 4.69) is 16.3 Å². The van der Waals surface area contributed by atoms with Crippen LogP contribution in [0.3, 0.4) is 0 Å². The maximum Gasteiger partial charge on any atom is 0.321 e. The van der Waals surface area contributed by atoms with Crippen molar-refractivity contribution in [2.75, 3.05) is 43.0 Å². The Kier molecular flexibility index (Phi) is 5.87. The van der Waals surface area contributed by atoms with Crippen LogP contribution in [-0.4, -0.2) is 48.8 Å². The molecule has 2 N–H and O–H groups in total. The van der Waals surface area contributed by atoms with E-state index in [1.807, 2.05) is 25.1 Å². The van der Waals surface area contributed by atoms with Gasteiger partial charge in [-0.2, -0.15) is 0 Å². The van der Waals surface area contributed by atoms with Crippen LogP contribution in [0, 0.1) is 0 Å². The summed E-state index contributed by atoms with van der Waals surface area (Å²) in [6.07, 6.45) is 3.69. The number of para-hydroxylation sites is 2. The number of benzene rings is 1. The van der Waals surface area contributed by atoms with Gasteiger partial charge in [0.15, 0.2) is 0 Å². The lowest BCUT2D eigenvalue weighted by Crippen LogP contribution is -2.37. The third-order valence-corrected chi connectivity index (χ3v) is 3.88. The molecule has 1 aliphatic rings. The molecule has 1 fully saturated rings. The van der Waals surface area contributed by atoms with Crippen LogP contribution in [0.2, 0.25) is 0 Å². The first-order valence-corrected chi connectivity index (χ1v) is 7.77. The molecule has 0 unspecified atom stereocenters. The second kappa shape index (κ2) is 7.88. The number of amides is 2. The minimum atomic E-state index is -0.156. The van der Waals surface area contributed by atoms with Crippen molar-refractivity contribution >= 4 is 17.4 Å². The Morgan fingerprint density at radius 1 is 1.29 bits per heavy atom. The molecule has 0 aromatic heterocycles. The highest BCUT2D eigenvalue weighted by Crippen LogP contribution is 2.28. The average Bonchev–Trinajstić information content (AvgIpc) is 2.54. The predicted octanol–water partition coefficient (Wildman–Crippen LogP) is 2.52. The number of hydrogen-bond donors (Lipinski definition) is 2. The van der Waals surface area contributed by atoms with E-state index < -0.39 is 0 Å². The largest absolute Gasteiger partial charge is 0.395 e. The molecule has 21 heavy (non-hydrogen) atoms. The van der Waals surface area contributed by atoms with Crippen LogP contribution in [0.5, 0.6) is 0 Å². The molecule has 0 bridgehead atoms. The molecule has 1 aliphatic heterocycles. The van der Waals surface area contributed by atoms with E-state index in [4.69, 9.17) is 5.11 Å². The monoisotopic (exact) mass is 291 g/mol. The summed E-state index contributed by atoms with van der Waals surface area (Å²) in [5.74, 6) is 0. The van der Waals surface area contributed by atoms with Crippen molar-refractivity contribution < 1.29 is 9.90 Å². The summed E-state index contributed by atoms with van der Waals surface area (Å²) in [6, 6.07) is 7.78. The van der Waals surface area contributed by atoms with Crippen LogP contribution >= 0.6 is 0 Å². The summed E-state index contributed by atoms with van der Waals surface area (Å²) in [6.45, 7) is 4.91. The van der Waals surface area contributed by atoms with E-state index in [0.29, 0.717) is 13.1 Å². The molecule has 0 spiro atoms. The molecule has 2 rings (SSSR count). The molecule has 116 valence electrons. The van der Waals surface area contributed by atoms with Crippen molar-refractivity contribution in [2.45, 2.75) is 26.2 Å². The minimum absolute atomic E-state index is 0.0188. The van der Waals surface area contributed by atoms with Gasteiger partial charge in [-0.15, -0.1) is 0 Å². The number of anilines is 2. The van der Waals surface area contributed by atoms with Gasteiger partial charge in [0.1, 0.15) is 0 Å². The zero-order valence-corrected chi connectivity index (χ0v) is 12.7. The first-order chi connectivity index (χ1) is 10.3. The summed E-state index contributed by atoms with van der Waals surface area (Å²) < 4.78 is 0. The van der Waals surface area contributed by atoms with Gasteiger partial charge in [0.25, 0.3) is 0 Å². The Hall–Kier alpha value is -1.75. The highest BCUT2D eigenvalue weighted by atomic mass is 16.3. The number of nitrogens with one attached hydrogen (secondary N) is 1. The van der Waals surface area contributed by atoms with Crippen molar-refractivity contribution in [1.29, 1.82) is 0 Å². The Bertz CT molecular complexity index is 459. The molecule has 0 atom stereocenters. The summed E-state index contributed by atoms with van der Waals surface area (Å²) in [4.78, 5) is 16.2. The molecule has 5 heteroatoms. The van der Waals surface area contributed by atoms with Crippen molar-refractivity contribution in [1.82, 2.24) is 4.90 Å². The molecule has 1 heterocycles. The maximum atomic E-state index is 12.3. The molecule has 2 amide bonds. The first kappa shape index (κ1) is 15.6. The molecule has 0 aliphatic carbocycles. The molecule has 1 saturated heterocycles. The Morgan fingerprint density at radius 3 is 2.67 bits per heavy atom. The van der Waals surface area contributed by atoms with Gasteiger partial charge in [-0.05, 0) is 38.3 Å². The lowest BCUT2D eigenvalue weighted by molar-refractivity contribution is 0.192. The van der Waals surface area contributed by atoms with Crippen LogP contribution in [0.15, 0.2) is 24.3 Å². The summed E-state index contributed by atoms with van der Waals surface area (Å²) in [5.41, 5.74) is 1.94. The fraction of sp³-hybridized carbons (Fsp3) is 0.562. The molecule has 1 aromatic rings. The van der Waals surface area contributed by atoms with Gasteiger partial charge < -0.3 is 20.2 Å². The van der Waals surface area contributed by atoms with Gasteiger partial charge in [0, 0.05) is 26.2 Å². The standard InChI is InChI=1S/C16H25N3O2/c1-2-18(12-13-20)16(21)17-14-8-4-5-9-15(14)19-10-6-3-7-11-19/h4-5,8-9,20H,2-3,6-7,10-13H2,1H3,(H,17,21). The molecule has 0 saturated carbocycles. The number of hydrogen-bond acceptors (Lipinski definition) is 3. The van der Waals surface area contributed by atoms with E-state index in [-0.39, 0.29) is 12.6 Å². The second-order valence-corrected chi connectivity index (χ2v) is 5.30. The number of carbonyl (C=O) groups is 1. The average molecular weight is 291 g/mol. The Labute approximate surface area is 126 Å². The zero-order valence-electron chi connectivity index (χ0n) is 12.7. The number of piperidine rings is 1. The molecular formula is C16H25N3O2. The van der Waals surface area contributed by atoms with E-state index in [0.717, 1.165) is 24.5 Å². The van der Waals surface area contributed by atoms with Gasteiger partial charge in [-0.1, -0.05) is 12.1 Å². The van der Waals surface area contributed by atoms with Crippen LogP contribution in [0.4, 0.5) is 16.2 Å². The van der Waals surface area contributed by atoms with Gasteiger partial charge in [-0.25, -0.2) is 4.79 Å². The molecular weight excluding hydrogens is 266 g/mol. The summed E-state index contributed by atoms with van der Waals surface area (Å²) in [7, 11) is 0. The number of nitrogens with zero attached hydrogens (tertiary/aromatic N) is 2. The van der Waals surface area contributed by atoms with Crippen LogP contribution < -0.4 is 10.2 Å². The normalized spacial score (nSPS) is 14.9. The van der Waals surface area contributed by atoms with Crippen LogP contribution in [0.1, 0.15) is 26.2 Å². The maximum absolute atomic E-state index is 12.3. The zero-order chi connectivity index (χ0) is 15.1. The first-order valence-electron chi connectivity index (χ1n) is 7.77. The third kappa shape index (κ3) is 4.11. The smallest absolute Gasteiger partial charge is 0.321 e. The van der Waals surface area contributed by atoms with Crippen molar-refractivity contribution in [3.8, 4) is 0 Å². The van der Waals surface area contributed by atoms with E-state index in [1.54, 1.807) is 4.90 Å². The highest BCUT2D eigenvalue weighted by molar-refractivity contribution is 5.93. The number of rotatable bonds is 5. The highest BCUT2D eigenvalue weighted by Gasteiger charge is 2.17. The van der Waals surface area contributed by atoms with E-state index in [1.165, 1.54) is 19.3 Å². The fourth-order valence-electron chi connectivity index (χ4n) is 2.71. The number of aliphatic hydroxyl groups is 1. The van der Waals surface area contributed by atoms with Gasteiger partial charge in [0.05, 0.1) is 18.0 Å². The topological polar surface area (TPSA) is 55.8 Å². The minimum Gasteiger partial charge on any atom is -0.395 e.